The normalized spacial score (nSPS) is 12.9. The molecule has 0 aliphatic carbocycles. The van der Waals surface area contributed by atoms with Gasteiger partial charge in [0.15, 0.2) is 0 Å². The summed E-state index contributed by atoms with van der Waals surface area (Å²) in [6.45, 7) is 0.430. The molecule has 0 spiro atoms. The number of hydrogen-bond acceptors (Lipinski definition) is 3. The summed E-state index contributed by atoms with van der Waals surface area (Å²) in [7, 11) is 5.69. The number of nitrogens with two attached hydrogens (primary N) is 1. The zero-order valence-corrected chi connectivity index (χ0v) is 16.6. The molecule has 28 heavy (non-hydrogen) atoms. The Balaban J connectivity index is 2.06. The number of methoxy groups -OCH3 is 1. The van der Waals surface area contributed by atoms with Crippen molar-refractivity contribution in [1.29, 1.82) is 0 Å². The first-order chi connectivity index (χ1) is 13.4. The van der Waals surface area contributed by atoms with Crippen molar-refractivity contribution in [3.05, 3.63) is 65.7 Å². The second kappa shape index (κ2) is 10.3. The standard InChI is InChI=1S/C21H28N4O3/c1-25(2)19(16-9-11-17(28-3)12-10-16)14-23-20(26)18(24-21(22)27)13-15-7-5-4-6-8-15/h4-12,18-19H,13-14H2,1-3H3,(H,23,26)(H3,22,24,27)/p+1/t18-,19-/m1/s1. The van der Waals surface area contributed by atoms with Crippen LogP contribution in [-0.4, -0.2) is 45.7 Å². The van der Waals surface area contributed by atoms with Gasteiger partial charge < -0.3 is 26.0 Å². The van der Waals surface area contributed by atoms with Crippen LogP contribution >= 0.6 is 0 Å². The van der Waals surface area contributed by atoms with Crippen molar-refractivity contribution >= 4 is 11.9 Å². The molecule has 0 radical (unpaired) electrons. The molecule has 0 aliphatic rings. The van der Waals surface area contributed by atoms with E-state index in [2.05, 4.69) is 10.6 Å². The van der Waals surface area contributed by atoms with Gasteiger partial charge >= 0.3 is 6.03 Å². The van der Waals surface area contributed by atoms with E-state index in [1.165, 1.54) is 4.90 Å². The number of quaternary nitrogens is 1. The van der Waals surface area contributed by atoms with Crippen LogP contribution in [0.4, 0.5) is 4.79 Å². The van der Waals surface area contributed by atoms with Gasteiger partial charge in [-0.15, -0.1) is 0 Å². The SMILES string of the molecule is COc1ccc([C@@H](CNC(=O)[C@@H](Cc2ccccc2)NC(N)=O)[NH+](C)C)cc1. The number of primary amides is 1. The summed E-state index contributed by atoms with van der Waals surface area (Å²) in [5.41, 5.74) is 7.29. The molecule has 2 aromatic carbocycles. The Labute approximate surface area is 165 Å². The minimum atomic E-state index is -0.728. The fraction of sp³-hybridized carbons (Fsp3) is 0.333. The van der Waals surface area contributed by atoms with E-state index < -0.39 is 12.1 Å². The number of amides is 3. The Morgan fingerprint density at radius 2 is 1.71 bits per heavy atom. The van der Waals surface area contributed by atoms with Crippen molar-refractivity contribution in [2.45, 2.75) is 18.5 Å². The lowest BCUT2D eigenvalue weighted by Crippen LogP contribution is -3.07. The Morgan fingerprint density at radius 3 is 2.25 bits per heavy atom. The van der Waals surface area contributed by atoms with Crippen molar-refractivity contribution in [3.8, 4) is 5.75 Å². The molecule has 0 unspecified atom stereocenters. The van der Waals surface area contributed by atoms with E-state index in [-0.39, 0.29) is 11.9 Å². The summed E-state index contributed by atoms with van der Waals surface area (Å²) < 4.78 is 5.20. The first-order valence-corrected chi connectivity index (χ1v) is 9.22. The van der Waals surface area contributed by atoms with E-state index in [1.54, 1.807) is 7.11 Å². The van der Waals surface area contributed by atoms with E-state index in [1.807, 2.05) is 68.7 Å². The van der Waals surface area contributed by atoms with Crippen LogP contribution < -0.4 is 26.0 Å². The maximum Gasteiger partial charge on any atom is 0.312 e. The smallest absolute Gasteiger partial charge is 0.312 e. The van der Waals surface area contributed by atoms with Crippen LogP contribution in [0.2, 0.25) is 0 Å². The maximum atomic E-state index is 12.7. The molecule has 0 aliphatic heterocycles. The molecular weight excluding hydrogens is 356 g/mol. The van der Waals surface area contributed by atoms with Gasteiger partial charge in [0, 0.05) is 12.0 Å². The lowest BCUT2D eigenvalue weighted by Gasteiger charge is -2.24. The number of rotatable bonds is 9. The third-order valence-corrected chi connectivity index (χ3v) is 4.61. The summed E-state index contributed by atoms with van der Waals surface area (Å²) in [5, 5.41) is 5.50. The van der Waals surface area contributed by atoms with Crippen molar-refractivity contribution in [2.24, 2.45) is 5.73 Å². The number of carbonyl (C=O) groups excluding carboxylic acids is 2. The molecule has 0 fully saturated rings. The number of carbonyl (C=O) groups is 2. The minimum Gasteiger partial charge on any atom is -0.497 e. The second-order valence-corrected chi connectivity index (χ2v) is 6.90. The highest BCUT2D eigenvalue weighted by molar-refractivity contribution is 5.86. The van der Waals surface area contributed by atoms with Crippen LogP contribution in [0, 0.1) is 0 Å². The van der Waals surface area contributed by atoms with Gasteiger partial charge in [-0.1, -0.05) is 30.3 Å². The van der Waals surface area contributed by atoms with Gasteiger partial charge in [0.1, 0.15) is 17.8 Å². The van der Waals surface area contributed by atoms with Crippen molar-refractivity contribution in [3.63, 3.8) is 0 Å². The molecule has 7 nitrogen and oxygen atoms in total. The van der Waals surface area contributed by atoms with Gasteiger partial charge in [-0.05, 0) is 29.8 Å². The fourth-order valence-electron chi connectivity index (χ4n) is 3.05. The van der Waals surface area contributed by atoms with Crippen LogP contribution in [-0.2, 0) is 11.2 Å². The number of benzene rings is 2. The Hall–Kier alpha value is -3.06. The highest BCUT2D eigenvalue weighted by Crippen LogP contribution is 2.15. The number of hydrogen-bond donors (Lipinski definition) is 4. The average Bonchev–Trinajstić information content (AvgIpc) is 2.68. The summed E-state index contributed by atoms with van der Waals surface area (Å²) in [6, 6.07) is 15.9. The molecule has 3 amide bonds. The van der Waals surface area contributed by atoms with Crippen LogP contribution in [0.5, 0.6) is 5.75 Å². The van der Waals surface area contributed by atoms with E-state index in [4.69, 9.17) is 10.5 Å². The zero-order chi connectivity index (χ0) is 20.5. The van der Waals surface area contributed by atoms with Crippen LogP contribution in [0.25, 0.3) is 0 Å². The van der Waals surface area contributed by atoms with E-state index in [0.29, 0.717) is 13.0 Å². The van der Waals surface area contributed by atoms with Gasteiger partial charge in [0.05, 0.1) is 27.7 Å². The fourth-order valence-corrected chi connectivity index (χ4v) is 3.05. The quantitative estimate of drug-likeness (QED) is 0.499. The molecule has 0 aromatic heterocycles. The molecule has 0 saturated heterocycles. The zero-order valence-electron chi connectivity index (χ0n) is 16.6. The molecule has 2 aromatic rings. The number of nitrogens with one attached hydrogen (secondary N) is 3. The first kappa shape index (κ1) is 21.2. The molecule has 150 valence electrons. The minimum absolute atomic E-state index is 0.0563. The van der Waals surface area contributed by atoms with Gasteiger partial charge in [0.2, 0.25) is 5.91 Å². The number of likely N-dealkylation sites (N-methyl/N-ethyl adjacent to an activating group) is 1. The summed E-state index contributed by atoms with van der Waals surface area (Å²) in [5.74, 6) is 0.524. The van der Waals surface area contributed by atoms with E-state index in [9.17, 15) is 9.59 Å². The predicted molar refractivity (Wildman–Crippen MR) is 108 cm³/mol. The Bertz CT molecular complexity index is 763. The second-order valence-electron chi connectivity index (χ2n) is 6.90. The van der Waals surface area contributed by atoms with Crippen LogP contribution in [0.3, 0.4) is 0 Å². The summed E-state index contributed by atoms with van der Waals surface area (Å²) in [4.78, 5) is 25.3. The number of urea groups is 1. The molecular formula is C21H29N4O3+. The summed E-state index contributed by atoms with van der Waals surface area (Å²) >= 11 is 0. The molecule has 0 heterocycles. The lowest BCUT2D eigenvalue weighted by molar-refractivity contribution is -0.890. The highest BCUT2D eigenvalue weighted by Gasteiger charge is 2.24. The monoisotopic (exact) mass is 385 g/mol. The van der Waals surface area contributed by atoms with Gasteiger partial charge in [0.25, 0.3) is 0 Å². The first-order valence-electron chi connectivity index (χ1n) is 9.22. The lowest BCUT2D eigenvalue weighted by atomic mass is 10.0. The third-order valence-electron chi connectivity index (χ3n) is 4.61. The van der Waals surface area contributed by atoms with Crippen molar-refractivity contribution in [1.82, 2.24) is 10.6 Å². The van der Waals surface area contributed by atoms with Crippen molar-refractivity contribution < 1.29 is 19.2 Å². The maximum absolute atomic E-state index is 12.7. The summed E-state index contributed by atoms with van der Waals surface area (Å²) in [6.07, 6.45) is 0.373. The van der Waals surface area contributed by atoms with Crippen LogP contribution in [0.15, 0.2) is 54.6 Å². The Kier molecular flexibility index (Phi) is 7.83. The van der Waals surface area contributed by atoms with Gasteiger partial charge in [-0.25, -0.2) is 4.79 Å². The molecule has 2 atom stereocenters. The number of ether oxygens (including phenoxy) is 1. The van der Waals surface area contributed by atoms with Gasteiger partial charge in [-0.3, -0.25) is 4.79 Å². The molecule has 7 heteroatoms. The molecule has 5 N–H and O–H groups in total. The van der Waals surface area contributed by atoms with Crippen molar-refractivity contribution in [2.75, 3.05) is 27.7 Å². The van der Waals surface area contributed by atoms with E-state index in [0.717, 1.165) is 16.9 Å². The largest absolute Gasteiger partial charge is 0.497 e. The van der Waals surface area contributed by atoms with Crippen LogP contribution in [0.1, 0.15) is 17.2 Å². The molecule has 0 saturated carbocycles. The van der Waals surface area contributed by atoms with E-state index >= 15 is 0 Å². The Morgan fingerprint density at radius 1 is 1.07 bits per heavy atom. The van der Waals surface area contributed by atoms with Gasteiger partial charge in [-0.2, -0.15) is 0 Å². The topological polar surface area (TPSA) is 97.9 Å². The predicted octanol–water partition coefficient (Wildman–Crippen LogP) is 0.277. The third kappa shape index (κ3) is 6.28. The molecule has 0 bridgehead atoms. The highest BCUT2D eigenvalue weighted by atomic mass is 16.5. The molecule has 2 rings (SSSR count). The average molecular weight is 385 g/mol.